The lowest BCUT2D eigenvalue weighted by molar-refractivity contribution is -0.125. The number of aromatic nitrogens is 6. The summed E-state index contributed by atoms with van der Waals surface area (Å²) in [4.78, 5) is 107. The minimum Gasteiger partial charge on any atom is -0.444 e. The highest BCUT2D eigenvalue weighted by Crippen LogP contribution is 2.12. The van der Waals surface area contributed by atoms with Crippen LogP contribution in [0.3, 0.4) is 0 Å². The van der Waals surface area contributed by atoms with Crippen LogP contribution in [0.25, 0.3) is 0 Å². The highest BCUT2D eigenvalue weighted by atomic mass is 16.6. The molecule has 0 fully saturated rings. The molecule has 0 aliphatic heterocycles. The number of alkyl carbamates (subject to hydrolysis) is 2. The molecule has 3 rings (SSSR count). The number of unbranched alkanes of at least 4 members (excludes halogenated alkanes) is 12. The van der Waals surface area contributed by atoms with Gasteiger partial charge in [0.05, 0.1) is 51.9 Å². The Hall–Kier alpha value is -7.22. The Balaban J connectivity index is 1.74. The van der Waals surface area contributed by atoms with E-state index in [9.17, 15) is 38.4 Å². The van der Waals surface area contributed by atoms with Crippen LogP contribution in [-0.2, 0) is 64.4 Å². The molecule has 0 unspecified atom stereocenters. The third-order valence-corrected chi connectivity index (χ3v) is 12.9. The second-order valence-corrected chi connectivity index (χ2v) is 23.3. The van der Waals surface area contributed by atoms with Gasteiger partial charge in [0.2, 0.25) is 23.6 Å². The maximum absolute atomic E-state index is 14.0. The summed E-state index contributed by atoms with van der Waals surface area (Å²) in [5, 5.41) is 38.9. The summed E-state index contributed by atoms with van der Waals surface area (Å²) >= 11 is 0. The first-order valence-electron chi connectivity index (χ1n) is 30.8. The van der Waals surface area contributed by atoms with Crippen molar-refractivity contribution in [3.63, 3.8) is 0 Å². The fourth-order valence-corrected chi connectivity index (χ4v) is 8.41. The van der Waals surface area contributed by atoms with Crippen LogP contribution in [0.15, 0.2) is 36.7 Å². The Kier molecular flexibility index (Phi) is 34.2. The second kappa shape index (κ2) is 40.2. The predicted octanol–water partition coefficient (Wildman–Crippen LogP) is 6.07. The first kappa shape index (κ1) is 73.0. The lowest BCUT2D eigenvalue weighted by atomic mass is 10.1. The maximum atomic E-state index is 14.0. The molecule has 1 aromatic carbocycles. The van der Waals surface area contributed by atoms with Crippen molar-refractivity contribution in [3.05, 3.63) is 59.2 Å². The summed E-state index contributed by atoms with van der Waals surface area (Å²) in [7, 11) is 0. The van der Waals surface area contributed by atoms with E-state index in [1.54, 1.807) is 53.9 Å². The Morgan fingerprint density at radius 3 is 1.09 bits per heavy atom. The van der Waals surface area contributed by atoms with Crippen LogP contribution < -0.4 is 42.5 Å². The normalized spacial score (nSPS) is 12.9. The van der Waals surface area contributed by atoms with Crippen molar-refractivity contribution in [1.82, 2.24) is 72.5 Å². The van der Waals surface area contributed by atoms with Gasteiger partial charge in [-0.3, -0.25) is 28.8 Å². The summed E-state index contributed by atoms with van der Waals surface area (Å²) < 4.78 is 25.5. The number of carbonyl (C=O) groups excluding carboxylic acids is 8. The monoisotopic (exact) mass is 1210 g/mol. The predicted molar refractivity (Wildman–Crippen MR) is 323 cm³/mol. The summed E-state index contributed by atoms with van der Waals surface area (Å²) in [5.41, 5.74) is -0.814. The molecule has 8 amide bonds. The van der Waals surface area contributed by atoms with Gasteiger partial charge in [-0.25, -0.2) is 19.0 Å². The second-order valence-electron chi connectivity index (χ2n) is 23.3. The summed E-state index contributed by atoms with van der Waals surface area (Å²) in [5.74, 6) is -3.18. The van der Waals surface area contributed by atoms with E-state index in [0.717, 1.165) is 103 Å². The fraction of sp³-hybridized carbons (Fsp3) is 0.700. The van der Waals surface area contributed by atoms with Gasteiger partial charge in [0.1, 0.15) is 46.8 Å². The molecule has 0 bridgehead atoms. The van der Waals surface area contributed by atoms with Gasteiger partial charge in [0.25, 0.3) is 11.8 Å². The number of nitrogens with zero attached hydrogens (tertiary/aromatic N) is 6. The minimum absolute atomic E-state index is 0.0464. The molecule has 482 valence electrons. The number of hydrogen-bond acceptors (Lipinski definition) is 16. The molecule has 26 nitrogen and oxygen atoms in total. The van der Waals surface area contributed by atoms with Gasteiger partial charge >= 0.3 is 12.2 Å². The zero-order valence-electron chi connectivity index (χ0n) is 52.7. The van der Waals surface area contributed by atoms with Crippen molar-refractivity contribution < 1.29 is 57.3 Å². The van der Waals surface area contributed by atoms with Crippen molar-refractivity contribution >= 4 is 47.6 Å². The summed E-state index contributed by atoms with van der Waals surface area (Å²) in [6, 6.07) is 1.36. The topological polar surface area (TPSA) is 331 Å². The van der Waals surface area contributed by atoms with E-state index in [4.69, 9.17) is 18.9 Å². The van der Waals surface area contributed by atoms with Gasteiger partial charge in [0, 0.05) is 37.3 Å². The van der Waals surface area contributed by atoms with Crippen molar-refractivity contribution in [2.45, 2.75) is 234 Å². The van der Waals surface area contributed by atoms with Gasteiger partial charge in [-0.1, -0.05) is 121 Å². The molecule has 0 spiro atoms. The molecule has 86 heavy (non-hydrogen) atoms. The van der Waals surface area contributed by atoms with Gasteiger partial charge < -0.3 is 61.5 Å². The van der Waals surface area contributed by atoms with E-state index in [1.165, 1.54) is 33.6 Å². The Morgan fingerprint density at radius 1 is 0.453 bits per heavy atom. The van der Waals surface area contributed by atoms with Crippen molar-refractivity contribution in [2.75, 3.05) is 39.4 Å². The van der Waals surface area contributed by atoms with Crippen molar-refractivity contribution in [2.24, 2.45) is 0 Å². The van der Waals surface area contributed by atoms with Crippen LogP contribution in [-0.4, -0.2) is 152 Å². The molecule has 26 heteroatoms. The highest BCUT2D eigenvalue weighted by Gasteiger charge is 2.29. The van der Waals surface area contributed by atoms with E-state index >= 15 is 0 Å². The molecule has 8 N–H and O–H groups in total. The first-order chi connectivity index (χ1) is 41.0. The first-order valence-corrected chi connectivity index (χ1v) is 30.8. The number of carbonyl (C=O) groups is 8. The van der Waals surface area contributed by atoms with Crippen LogP contribution in [0.5, 0.6) is 0 Å². The molecule has 4 atom stereocenters. The zero-order valence-corrected chi connectivity index (χ0v) is 52.7. The molecular weight excluding hydrogens is 1110 g/mol. The Bertz CT molecular complexity index is 2360. The average Bonchev–Trinajstić information content (AvgIpc) is 3.89. The van der Waals surface area contributed by atoms with Gasteiger partial charge in [-0.15, -0.1) is 10.2 Å². The van der Waals surface area contributed by atoms with Crippen molar-refractivity contribution in [3.8, 4) is 0 Å². The van der Waals surface area contributed by atoms with E-state index < -0.39 is 83.0 Å². The number of benzene rings is 1. The van der Waals surface area contributed by atoms with E-state index in [2.05, 4.69) is 90.9 Å². The zero-order chi connectivity index (χ0) is 63.3. The molecule has 0 saturated carbocycles. The number of rotatable bonds is 42. The third-order valence-electron chi connectivity index (χ3n) is 12.9. The van der Waals surface area contributed by atoms with Crippen LogP contribution in [0.2, 0.25) is 0 Å². The Morgan fingerprint density at radius 2 is 0.779 bits per heavy atom. The minimum atomic E-state index is -1.19. The number of nitrogens with one attached hydrogen (secondary N) is 8. The largest absolute Gasteiger partial charge is 0.444 e. The van der Waals surface area contributed by atoms with Crippen LogP contribution in [0.1, 0.15) is 204 Å². The van der Waals surface area contributed by atoms with Crippen LogP contribution >= 0.6 is 0 Å². The quantitative estimate of drug-likeness (QED) is 0.0298. The smallest absolute Gasteiger partial charge is 0.408 e. The Labute approximate surface area is 508 Å². The molecule has 2 aromatic heterocycles. The van der Waals surface area contributed by atoms with Crippen LogP contribution in [0.4, 0.5) is 9.59 Å². The number of hydrogen-bond donors (Lipinski definition) is 8. The fourth-order valence-electron chi connectivity index (χ4n) is 8.41. The summed E-state index contributed by atoms with van der Waals surface area (Å²) in [6.45, 7) is 19.3. The standard InChI is InChI=1S/C60H100N14O12/c1-11-15-19-23-30-61-53(77)47(67-57(81)85-59(5,6)7)37-73-35-45(69-71-73)39-83-41-49(55(79)63-32-25-21-17-13-3)65-51(75)43-28-27-29-44(34-43)52(76)66-50(56(80)64-33-26-22-18-14-4)42-84-40-46-36-74(72-70-46)38-48(68-58(82)86-60(8,9)10)54(78)62-31-24-20-16-12-2/h27-29,34-36,47-50H,11-26,30-33,37-42H2,1-10H3,(H,61,77)(H,62,78)(H,63,79)(H,64,80)(H,65,75)(H,66,76)(H,67,81)(H,68,82)/t47-,48-,49-,50-/m0/s1. The van der Waals surface area contributed by atoms with E-state index in [1.807, 2.05) is 0 Å². The van der Waals surface area contributed by atoms with E-state index in [0.29, 0.717) is 37.6 Å². The van der Waals surface area contributed by atoms with Gasteiger partial charge in [-0.2, -0.15) is 0 Å². The van der Waals surface area contributed by atoms with Gasteiger partial charge in [0.15, 0.2) is 0 Å². The number of ether oxygens (including phenoxy) is 4. The van der Waals surface area contributed by atoms with Crippen molar-refractivity contribution in [1.29, 1.82) is 0 Å². The molecule has 2 heterocycles. The molecule has 3 aromatic rings. The summed E-state index contributed by atoms with van der Waals surface area (Å²) in [6.07, 6.45) is 16.5. The van der Waals surface area contributed by atoms with Crippen LogP contribution in [0, 0.1) is 0 Å². The number of amides is 8. The molecule has 0 saturated heterocycles. The molecule has 0 radical (unpaired) electrons. The average molecular weight is 1210 g/mol. The highest BCUT2D eigenvalue weighted by molar-refractivity contribution is 6.02. The van der Waals surface area contributed by atoms with Gasteiger partial charge in [-0.05, 0) is 85.4 Å². The third kappa shape index (κ3) is 31.3. The lowest BCUT2D eigenvalue weighted by Gasteiger charge is -2.23. The lowest BCUT2D eigenvalue weighted by Crippen LogP contribution is -2.50. The molecule has 0 aliphatic rings. The maximum Gasteiger partial charge on any atom is 0.408 e. The van der Waals surface area contributed by atoms with E-state index in [-0.39, 0.29) is 50.6 Å². The SMILES string of the molecule is CCCCCCNC(=O)[C@H](Cn1cc(COC[C@H](NC(=O)c2cccc(C(=O)N[C@@H](COCc3cn(C[C@H](NC(=O)OC(C)(C)C)C(=O)NCCCCCC)nn3)C(=O)NCCCCCC)c2)C(=O)NCCCCCC)nn1)NC(=O)OC(C)(C)C. The molecular formula is C60H100N14O12. The molecule has 0 aliphatic carbocycles.